The third-order valence-corrected chi connectivity index (χ3v) is 5.81. The fraction of sp³-hybridized carbons (Fsp3) is 0.522. The Bertz CT molecular complexity index is 1060. The maximum absolute atomic E-state index is 5.66. The summed E-state index contributed by atoms with van der Waals surface area (Å²) in [5.41, 5.74) is 5.15. The topological polar surface area (TPSA) is 68.1 Å². The van der Waals surface area contributed by atoms with E-state index in [4.69, 9.17) is 9.72 Å². The first-order chi connectivity index (χ1) is 14.1. The Kier molecular flexibility index (Phi) is 5.69. The van der Waals surface area contributed by atoms with Crippen LogP contribution in [0, 0.1) is 0 Å². The molecular weight excluding hydrogens is 362 g/mol. The van der Waals surface area contributed by atoms with Gasteiger partial charge in [0.25, 0.3) is 0 Å². The van der Waals surface area contributed by atoms with E-state index in [1.807, 2.05) is 13.3 Å². The molecule has 1 aliphatic carbocycles. The minimum absolute atomic E-state index is 0.320. The Morgan fingerprint density at radius 2 is 2.07 bits per heavy atom. The fourth-order valence-electron chi connectivity index (χ4n) is 4.28. The third kappa shape index (κ3) is 3.93. The summed E-state index contributed by atoms with van der Waals surface area (Å²) in [6.45, 7) is 7.73. The molecular formula is C23H31N5O. The SMILES string of the molecule is CCN=c1ncn(Cc2ccc(OC)c(C3CCCC3)c2)c2nc(C(C)C)[nH]c12. The molecule has 1 aromatic carbocycles. The first-order valence-electron chi connectivity index (χ1n) is 10.7. The Morgan fingerprint density at radius 3 is 2.76 bits per heavy atom. The van der Waals surface area contributed by atoms with E-state index in [1.165, 1.54) is 36.8 Å². The number of hydrogen-bond donors (Lipinski definition) is 1. The second-order valence-corrected chi connectivity index (χ2v) is 8.20. The van der Waals surface area contributed by atoms with E-state index in [0.29, 0.717) is 18.4 Å². The van der Waals surface area contributed by atoms with E-state index in [2.05, 4.69) is 51.6 Å². The summed E-state index contributed by atoms with van der Waals surface area (Å²) >= 11 is 0. The van der Waals surface area contributed by atoms with Crippen molar-refractivity contribution in [1.82, 2.24) is 19.5 Å². The van der Waals surface area contributed by atoms with Gasteiger partial charge in [0.05, 0.1) is 20.0 Å². The molecule has 0 spiro atoms. The van der Waals surface area contributed by atoms with Crippen LogP contribution in [-0.2, 0) is 6.54 Å². The normalized spacial score (nSPS) is 15.7. The number of methoxy groups -OCH3 is 1. The Labute approximate surface area is 172 Å². The zero-order valence-corrected chi connectivity index (χ0v) is 17.9. The second-order valence-electron chi connectivity index (χ2n) is 8.20. The molecule has 2 aromatic heterocycles. The molecule has 3 aromatic rings. The number of aromatic amines is 1. The Morgan fingerprint density at radius 1 is 1.28 bits per heavy atom. The summed E-state index contributed by atoms with van der Waals surface area (Å²) in [5.74, 6) is 2.90. The quantitative estimate of drug-likeness (QED) is 0.669. The van der Waals surface area contributed by atoms with E-state index in [1.54, 1.807) is 7.11 Å². The number of imidazole rings is 1. The van der Waals surface area contributed by atoms with E-state index in [0.717, 1.165) is 34.8 Å². The predicted octanol–water partition coefficient (Wildman–Crippen LogP) is 4.52. The van der Waals surface area contributed by atoms with Crippen molar-refractivity contribution >= 4 is 11.2 Å². The lowest BCUT2D eigenvalue weighted by Gasteiger charge is -2.16. The molecule has 1 saturated carbocycles. The number of benzene rings is 1. The number of nitrogens with zero attached hydrogens (tertiary/aromatic N) is 4. The number of nitrogens with one attached hydrogen (secondary N) is 1. The van der Waals surface area contributed by atoms with Crippen LogP contribution >= 0.6 is 0 Å². The van der Waals surface area contributed by atoms with Gasteiger partial charge in [0.1, 0.15) is 17.1 Å². The summed E-state index contributed by atoms with van der Waals surface area (Å²) in [5, 5.41) is 0. The van der Waals surface area contributed by atoms with Gasteiger partial charge in [0.15, 0.2) is 11.1 Å². The van der Waals surface area contributed by atoms with Gasteiger partial charge in [0.2, 0.25) is 0 Å². The number of fused-ring (bicyclic) bond motifs is 1. The van der Waals surface area contributed by atoms with Gasteiger partial charge in [-0.25, -0.2) is 9.97 Å². The van der Waals surface area contributed by atoms with E-state index in [-0.39, 0.29) is 0 Å². The van der Waals surface area contributed by atoms with Gasteiger partial charge in [-0.1, -0.05) is 38.8 Å². The molecule has 0 unspecified atom stereocenters. The number of ether oxygens (including phenoxy) is 1. The second kappa shape index (κ2) is 8.39. The van der Waals surface area contributed by atoms with Crippen LogP contribution in [-0.4, -0.2) is 33.2 Å². The van der Waals surface area contributed by atoms with E-state index in [9.17, 15) is 0 Å². The van der Waals surface area contributed by atoms with Gasteiger partial charge in [-0.05, 0) is 42.9 Å². The van der Waals surface area contributed by atoms with Crippen LogP contribution in [0.2, 0.25) is 0 Å². The average molecular weight is 394 g/mol. The van der Waals surface area contributed by atoms with Crippen LogP contribution in [0.1, 0.15) is 75.2 Å². The van der Waals surface area contributed by atoms with Crippen LogP contribution < -0.4 is 10.2 Å². The molecule has 0 amide bonds. The lowest BCUT2D eigenvalue weighted by atomic mass is 9.95. The molecule has 1 aliphatic rings. The Balaban J connectivity index is 1.75. The summed E-state index contributed by atoms with van der Waals surface area (Å²) in [6, 6.07) is 6.57. The molecule has 0 atom stereocenters. The van der Waals surface area contributed by atoms with Crippen LogP contribution in [0.3, 0.4) is 0 Å². The first-order valence-corrected chi connectivity index (χ1v) is 10.7. The smallest absolute Gasteiger partial charge is 0.176 e. The molecule has 0 bridgehead atoms. The van der Waals surface area contributed by atoms with Crippen molar-refractivity contribution in [2.24, 2.45) is 4.99 Å². The highest BCUT2D eigenvalue weighted by Gasteiger charge is 2.21. The first kappa shape index (κ1) is 19.7. The van der Waals surface area contributed by atoms with E-state index >= 15 is 0 Å². The molecule has 2 heterocycles. The molecule has 0 aliphatic heterocycles. The molecule has 0 saturated heterocycles. The van der Waals surface area contributed by atoms with Gasteiger partial charge in [0, 0.05) is 12.5 Å². The molecule has 6 nitrogen and oxygen atoms in total. The molecule has 4 rings (SSSR count). The minimum Gasteiger partial charge on any atom is -0.496 e. The lowest BCUT2D eigenvalue weighted by molar-refractivity contribution is 0.405. The zero-order valence-electron chi connectivity index (χ0n) is 17.9. The monoisotopic (exact) mass is 393 g/mol. The van der Waals surface area contributed by atoms with Crippen molar-refractivity contribution in [2.45, 2.75) is 64.8 Å². The molecule has 154 valence electrons. The number of rotatable bonds is 6. The van der Waals surface area contributed by atoms with Gasteiger partial charge in [-0.2, -0.15) is 0 Å². The maximum atomic E-state index is 5.66. The van der Waals surface area contributed by atoms with E-state index < -0.39 is 0 Å². The fourth-order valence-corrected chi connectivity index (χ4v) is 4.28. The summed E-state index contributed by atoms with van der Waals surface area (Å²) < 4.78 is 7.77. The molecule has 1 fully saturated rings. The summed E-state index contributed by atoms with van der Waals surface area (Å²) in [4.78, 5) is 17.4. The predicted molar refractivity (Wildman–Crippen MR) is 115 cm³/mol. The highest BCUT2D eigenvalue weighted by Crippen LogP contribution is 2.39. The molecule has 29 heavy (non-hydrogen) atoms. The molecule has 1 N–H and O–H groups in total. The summed E-state index contributed by atoms with van der Waals surface area (Å²) in [6.07, 6.45) is 6.99. The van der Waals surface area contributed by atoms with Crippen LogP contribution in [0.25, 0.3) is 11.2 Å². The maximum Gasteiger partial charge on any atom is 0.176 e. The van der Waals surface area contributed by atoms with Crippen molar-refractivity contribution in [3.8, 4) is 5.75 Å². The van der Waals surface area contributed by atoms with Crippen molar-refractivity contribution < 1.29 is 4.74 Å². The third-order valence-electron chi connectivity index (χ3n) is 5.81. The van der Waals surface area contributed by atoms with Gasteiger partial charge >= 0.3 is 0 Å². The van der Waals surface area contributed by atoms with Crippen molar-refractivity contribution in [1.29, 1.82) is 0 Å². The van der Waals surface area contributed by atoms with Crippen LogP contribution in [0.5, 0.6) is 5.75 Å². The highest BCUT2D eigenvalue weighted by atomic mass is 16.5. The largest absolute Gasteiger partial charge is 0.496 e. The Hall–Kier alpha value is -2.63. The molecule has 6 heteroatoms. The van der Waals surface area contributed by atoms with Crippen molar-refractivity contribution in [3.05, 3.63) is 47.0 Å². The lowest BCUT2D eigenvalue weighted by Crippen LogP contribution is -2.15. The standard InChI is InChI=1S/C23H31N5O/c1-5-24-22-20-23(27-21(26-20)15(2)3)28(14-25-22)13-16-10-11-19(29-4)18(12-16)17-8-6-7-9-17/h10-12,14-15,17H,5-9,13H2,1-4H3,(H,26,27). The average Bonchev–Trinajstić information content (AvgIpc) is 3.40. The summed E-state index contributed by atoms with van der Waals surface area (Å²) in [7, 11) is 1.77. The highest BCUT2D eigenvalue weighted by molar-refractivity contribution is 5.69. The van der Waals surface area contributed by atoms with Gasteiger partial charge in [-0.3, -0.25) is 4.99 Å². The molecule has 0 radical (unpaired) electrons. The van der Waals surface area contributed by atoms with Crippen molar-refractivity contribution in [2.75, 3.05) is 13.7 Å². The van der Waals surface area contributed by atoms with Crippen LogP contribution in [0.15, 0.2) is 29.5 Å². The number of H-pyrrole nitrogens is 1. The zero-order chi connectivity index (χ0) is 20.4. The number of hydrogen-bond acceptors (Lipinski definition) is 4. The number of aromatic nitrogens is 4. The van der Waals surface area contributed by atoms with Crippen LogP contribution in [0.4, 0.5) is 0 Å². The minimum atomic E-state index is 0.320. The van der Waals surface area contributed by atoms with Gasteiger partial charge in [-0.15, -0.1) is 0 Å². The van der Waals surface area contributed by atoms with Gasteiger partial charge < -0.3 is 14.3 Å². The van der Waals surface area contributed by atoms with Crippen molar-refractivity contribution in [3.63, 3.8) is 0 Å².